The fraction of sp³-hybridized carbons (Fsp3) is 0.100. The lowest BCUT2D eigenvalue weighted by Crippen LogP contribution is -1.96. The van der Waals surface area contributed by atoms with Crippen LogP contribution in [0, 0.1) is 5.82 Å². The molecule has 0 aliphatic carbocycles. The molecule has 1 heterocycles. The summed E-state index contributed by atoms with van der Waals surface area (Å²) in [5.41, 5.74) is 0. The number of carbonyl (C=O) groups excluding carboxylic acids is 1. The van der Waals surface area contributed by atoms with Gasteiger partial charge in [0.25, 0.3) is 0 Å². The summed E-state index contributed by atoms with van der Waals surface area (Å²) in [5, 5.41) is 0.701. The summed E-state index contributed by atoms with van der Waals surface area (Å²) in [4.78, 5) is 11.6. The summed E-state index contributed by atoms with van der Waals surface area (Å²) in [6, 6.07) is 4.76. The Balaban J connectivity index is 2.65. The van der Waals surface area contributed by atoms with Crippen LogP contribution in [0.1, 0.15) is 9.67 Å². The molecule has 0 bridgehead atoms. The van der Waals surface area contributed by atoms with Gasteiger partial charge in [-0.05, 0) is 23.6 Å². The van der Waals surface area contributed by atoms with Gasteiger partial charge in [-0.25, -0.2) is 9.18 Å². The lowest BCUT2D eigenvalue weighted by atomic mass is 10.2. The van der Waals surface area contributed by atoms with Gasteiger partial charge in [0.05, 0.1) is 11.8 Å². The molecule has 5 heteroatoms. The van der Waals surface area contributed by atoms with Crippen LogP contribution >= 0.6 is 27.3 Å². The van der Waals surface area contributed by atoms with Crippen LogP contribution in [-0.4, -0.2) is 13.1 Å². The standard InChI is InChI=1S/C10H6BrFO2S/c1-14-10(13)8-3-5-2-6(11)4-7(12)9(5)15-8/h2-4H,1H3. The summed E-state index contributed by atoms with van der Waals surface area (Å²) >= 11 is 4.29. The summed E-state index contributed by atoms with van der Waals surface area (Å²) in [6.07, 6.45) is 0. The monoisotopic (exact) mass is 288 g/mol. The fourth-order valence-electron chi connectivity index (χ4n) is 1.28. The van der Waals surface area contributed by atoms with Gasteiger partial charge in [-0.15, -0.1) is 11.3 Å². The van der Waals surface area contributed by atoms with Crippen molar-refractivity contribution >= 4 is 43.3 Å². The van der Waals surface area contributed by atoms with Crippen molar-refractivity contribution in [1.29, 1.82) is 0 Å². The van der Waals surface area contributed by atoms with Crippen molar-refractivity contribution in [3.05, 3.63) is 33.4 Å². The van der Waals surface area contributed by atoms with Crippen molar-refractivity contribution in [2.24, 2.45) is 0 Å². The fourth-order valence-corrected chi connectivity index (χ4v) is 2.69. The molecule has 0 atom stereocenters. The second-order valence-electron chi connectivity index (χ2n) is 2.91. The average molecular weight is 289 g/mol. The molecule has 2 aromatic rings. The Kier molecular flexibility index (Phi) is 2.75. The van der Waals surface area contributed by atoms with Crippen LogP contribution in [0.15, 0.2) is 22.7 Å². The number of esters is 1. The molecule has 15 heavy (non-hydrogen) atoms. The Hall–Kier alpha value is -0.940. The first-order chi connectivity index (χ1) is 7.11. The quantitative estimate of drug-likeness (QED) is 0.750. The Morgan fingerprint density at radius 1 is 1.47 bits per heavy atom. The number of hydrogen-bond donors (Lipinski definition) is 0. The minimum Gasteiger partial charge on any atom is -0.465 e. The molecule has 78 valence electrons. The van der Waals surface area contributed by atoms with Crippen LogP contribution in [0.5, 0.6) is 0 Å². The maximum Gasteiger partial charge on any atom is 0.348 e. The van der Waals surface area contributed by atoms with Crippen LogP contribution in [0.25, 0.3) is 10.1 Å². The second-order valence-corrected chi connectivity index (χ2v) is 4.88. The molecular weight excluding hydrogens is 283 g/mol. The molecule has 1 aromatic carbocycles. The van der Waals surface area contributed by atoms with E-state index in [4.69, 9.17) is 0 Å². The number of thiophene rings is 1. The third kappa shape index (κ3) is 1.89. The number of carbonyl (C=O) groups is 1. The zero-order chi connectivity index (χ0) is 11.0. The number of fused-ring (bicyclic) bond motifs is 1. The third-order valence-corrected chi connectivity index (χ3v) is 3.52. The Bertz CT molecular complexity index is 535. The largest absolute Gasteiger partial charge is 0.465 e. The third-order valence-electron chi connectivity index (χ3n) is 1.92. The number of methoxy groups -OCH3 is 1. The average Bonchev–Trinajstić information content (AvgIpc) is 2.60. The molecule has 2 rings (SSSR count). The number of benzene rings is 1. The highest BCUT2D eigenvalue weighted by atomic mass is 79.9. The SMILES string of the molecule is COC(=O)c1cc2cc(Br)cc(F)c2s1. The molecule has 0 radical (unpaired) electrons. The van der Waals surface area contributed by atoms with Gasteiger partial charge < -0.3 is 4.74 Å². The van der Waals surface area contributed by atoms with E-state index in [0.29, 0.717) is 19.4 Å². The summed E-state index contributed by atoms with van der Waals surface area (Å²) in [6.45, 7) is 0. The van der Waals surface area contributed by atoms with Crippen molar-refractivity contribution in [3.63, 3.8) is 0 Å². The van der Waals surface area contributed by atoms with E-state index in [1.807, 2.05) is 0 Å². The van der Waals surface area contributed by atoms with E-state index >= 15 is 0 Å². The Labute approximate surface area is 97.8 Å². The van der Waals surface area contributed by atoms with E-state index in [1.54, 1.807) is 12.1 Å². The van der Waals surface area contributed by atoms with Crippen LogP contribution in [0.2, 0.25) is 0 Å². The van der Waals surface area contributed by atoms with Gasteiger partial charge in [0.1, 0.15) is 10.7 Å². The molecule has 0 unspecified atom stereocenters. The number of ether oxygens (including phenoxy) is 1. The highest BCUT2D eigenvalue weighted by Gasteiger charge is 2.13. The molecule has 0 fully saturated rings. The highest BCUT2D eigenvalue weighted by molar-refractivity contribution is 9.10. The molecule has 0 aliphatic heterocycles. The van der Waals surface area contributed by atoms with E-state index in [-0.39, 0.29) is 5.82 Å². The first-order valence-corrected chi connectivity index (χ1v) is 5.69. The van der Waals surface area contributed by atoms with Crippen molar-refractivity contribution < 1.29 is 13.9 Å². The summed E-state index contributed by atoms with van der Waals surface area (Å²) in [5.74, 6) is -0.772. The van der Waals surface area contributed by atoms with Crippen LogP contribution in [0.3, 0.4) is 0 Å². The highest BCUT2D eigenvalue weighted by Crippen LogP contribution is 2.31. The zero-order valence-electron chi connectivity index (χ0n) is 7.71. The summed E-state index contributed by atoms with van der Waals surface area (Å²) < 4.78 is 19.2. The topological polar surface area (TPSA) is 26.3 Å². The predicted molar refractivity (Wildman–Crippen MR) is 60.8 cm³/mol. The molecule has 0 saturated heterocycles. The number of halogens is 2. The lowest BCUT2D eigenvalue weighted by molar-refractivity contribution is 0.0606. The van der Waals surface area contributed by atoms with Crippen molar-refractivity contribution in [3.8, 4) is 0 Å². The van der Waals surface area contributed by atoms with Gasteiger partial charge in [0.2, 0.25) is 0 Å². The second kappa shape index (κ2) is 3.90. The van der Waals surface area contributed by atoms with E-state index < -0.39 is 5.97 Å². The van der Waals surface area contributed by atoms with E-state index in [0.717, 1.165) is 11.3 Å². The van der Waals surface area contributed by atoms with Gasteiger partial charge in [-0.3, -0.25) is 0 Å². The lowest BCUT2D eigenvalue weighted by Gasteiger charge is -1.92. The van der Waals surface area contributed by atoms with E-state index in [2.05, 4.69) is 20.7 Å². The van der Waals surface area contributed by atoms with Crippen LogP contribution < -0.4 is 0 Å². The van der Waals surface area contributed by atoms with Crippen LogP contribution in [0.4, 0.5) is 4.39 Å². The van der Waals surface area contributed by atoms with Gasteiger partial charge in [0.15, 0.2) is 0 Å². The first kappa shape index (κ1) is 10.6. The van der Waals surface area contributed by atoms with Crippen molar-refractivity contribution in [1.82, 2.24) is 0 Å². The molecule has 2 nitrogen and oxygen atoms in total. The number of rotatable bonds is 1. The molecule has 0 spiro atoms. The smallest absolute Gasteiger partial charge is 0.348 e. The van der Waals surface area contributed by atoms with Gasteiger partial charge in [0, 0.05) is 4.47 Å². The predicted octanol–water partition coefficient (Wildman–Crippen LogP) is 3.59. The van der Waals surface area contributed by atoms with Crippen LogP contribution in [-0.2, 0) is 4.74 Å². The van der Waals surface area contributed by atoms with Gasteiger partial charge in [-0.1, -0.05) is 15.9 Å². The van der Waals surface area contributed by atoms with Gasteiger partial charge >= 0.3 is 5.97 Å². The molecule has 1 aromatic heterocycles. The van der Waals surface area contributed by atoms with Crippen molar-refractivity contribution in [2.45, 2.75) is 0 Å². The minimum absolute atomic E-state index is 0.334. The Morgan fingerprint density at radius 2 is 2.20 bits per heavy atom. The maximum absolute atomic E-state index is 13.5. The molecule has 0 aliphatic rings. The molecule has 0 saturated carbocycles. The molecule has 0 N–H and O–H groups in total. The number of hydrogen-bond acceptors (Lipinski definition) is 3. The molecule has 0 amide bonds. The maximum atomic E-state index is 13.5. The van der Waals surface area contributed by atoms with Crippen molar-refractivity contribution in [2.75, 3.05) is 7.11 Å². The van der Waals surface area contributed by atoms with Gasteiger partial charge in [-0.2, -0.15) is 0 Å². The van der Waals surface area contributed by atoms with E-state index in [1.165, 1.54) is 13.2 Å². The summed E-state index contributed by atoms with van der Waals surface area (Å²) in [7, 11) is 1.30. The first-order valence-electron chi connectivity index (χ1n) is 4.08. The Morgan fingerprint density at radius 3 is 2.87 bits per heavy atom. The minimum atomic E-state index is -0.438. The normalized spacial score (nSPS) is 10.6. The molecular formula is C10H6BrFO2S. The zero-order valence-corrected chi connectivity index (χ0v) is 10.1. The van der Waals surface area contributed by atoms with E-state index in [9.17, 15) is 9.18 Å².